The van der Waals surface area contributed by atoms with Gasteiger partial charge in [-0.05, 0) is 60.2 Å². The molecule has 1 aliphatic rings. The van der Waals surface area contributed by atoms with Gasteiger partial charge in [0.2, 0.25) is 0 Å². The topological polar surface area (TPSA) is 89.8 Å². The van der Waals surface area contributed by atoms with Gasteiger partial charge in [-0.1, -0.05) is 22.9 Å². The van der Waals surface area contributed by atoms with E-state index in [-0.39, 0.29) is 23.4 Å². The largest absolute Gasteiger partial charge is 0.488 e. The fraction of sp³-hybridized carbons (Fsp3) is 0.200. The second kappa shape index (κ2) is 9.23. The summed E-state index contributed by atoms with van der Waals surface area (Å²) >= 11 is 4.32. The molecule has 0 radical (unpaired) electrons. The third kappa shape index (κ3) is 5.04. The van der Waals surface area contributed by atoms with Crippen molar-refractivity contribution >= 4 is 50.6 Å². The minimum absolute atomic E-state index is 0.0147. The summed E-state index contributed by atoms with van der Waals surface area (Å²) in [4.78, 5) is 36.4. The highest BCUT2D eigenvalue weighted by atomic mass is 79.9. The summed E-state index contributed by atoms with van der Waals surface area (Å²) in [5.74, 6) is 0.233. The fourth-order valence-electron chi connectivity index (χ4n) is 2.70. The molecule has 0 aliphatic carbocycles. The average molecular weight is 477 g/mol. The maximum Gasteiger partial charge on any atom is 0.293 e. The molecule has 9 heteroatoms. The van der Waals surface area contributed by atoms with E-state index in [2.05, 4.69) is 15.9 Å². The van der Waals surface area contributed by atoms with Crippen molar-refractivity contribution in [3.05, 3.63) is 73.1 Å². The van der Waals surface area contributed by atoms with Crippen molar-refractivity contribution in [2.75, 3.05) is 6.54 Å². The maximum absolute atomic E-state index is 12.5. The number of non-ortho nitro benzene ring substituents is 1. The average Bonchev–Trinajstić information content (AvgIpc) is 2.95. The number of hydrogen-bond donors (Lipinski definition) is 0. The van der Waals surface area contributed by atoms with E-state index in [0.29, 0.717) is 29.2 Å². The van der Waals surface area contributed by atoms with E-state index in [0.717, 1.165) is 21.8 Å². The number of nitro benzene ring substituents is 1. The zero-order valence-electron chi connectivity index (χ0n) is 15.5. The molecule has 2 amide bonds. The predicted octanol–water partition coefficient (Wildman–Crippen LogP) is 5.38. The Kier molecular flexibility index (Phi) is 6.71. The predicted molar refractivity (Wildman–Crippen MR) is 115 cm³/mol. The summed E-state index contributed by atoms with van der Waals surface area (Å²) in [7, 11) is 0. The number of carbonyl (C=O) groups is 2. The zero-order valence-corrected chi connectivity index (χ0v) is 17.9. The van der Waals surface area contributed by atoms with Crippen LogP contribution in [0.3, 0.4) is 0 Å². The quantitative estimate of drug-likeness (QED) is 0.302. The Balaban J connectivity index is 1.80. The summed E-state index contributed by atoms with van der Waals surface area (Å²) in [6.07, 6.45) is 2.35. The van der Waals surface area contributed by atoms with Crippen LogP contribution in [0.5, 0.6) is 5.75 Å². The van der Waals surface area contributed by atoms with Gasteiger partial charge in [-0.25, -0.2) is 0 Å². The van der Waals surface area contributed by atoms with Gasteiger partial charge in [0.1, 0.15) is 12.4 Å². The Morgan fingerprint density at radius 1 is 1.21 bits per heavy atom. The Labute approximate surface area is 180 Å². The van der Waals surface area contributed by atoms with E-state index in [1.54, 1.807) is 30.3 Å². The molecule has 0 aromatic heterocycles. The summed E-state index contributed by atoms with van der Waals surface area (Å²) in [6, 6.07) is 11.5. The summed E-state index contributed by atoms with van der Waals surface area (Å²) in [5, 5.41) is 10.5. The zero-order chi connectivity index (χ0) is 21.0. The molecule has 1 heterocycles. The monoisotopic (exact) mass is 476 g/mol. The van der Waals surface area contributed by atoms with Crippen LogP contribution in [-0.4, -0.2) is 27.5 Å². The lowest BCUT2D eigenvalue weighted by Gasteiger charge is -2.11. The van der Waals surface area contributed by atoms with Crippen LogP contribution < -0.4 is 4.74 Å². The van der Waals surface area contributed by atoms with Crippen LogP contribution in [0.1, 0.15) is 24.5 Å². The van der Waals surface area contributed by atoms with E-state index >= 15 is 0 Å². The third-order valence-corrected chi connectivity index (χ3v) is 5.52. The maximum atomic E-state index is 12.5. The number of hydrogen-bond acceptors (Lipinski definition) is 6. The van der Waals surface area contributed by atoms with Crippen molar-refractivity contribution < 1.29 is 19.2 Å². The number of nitro groups is 1. The highest BCUT2D eigenvalue weighted by Gasteiger charge is 2.34. The molecule has 0 atom stereocenters. The first-order valence-electron chi connectivity index (χ1n) is 8.80. The van der Waals surface area contributed by atoms with Crippen molar-refractivity contribution in [2.45, 2.75) is 20.0 Å². The standard InChI is InChI=1S/C20H17BrN2O5S/c1-2-9-22-19(24)18(29-20(22)25)11-14-10-15(21)5-8-17(14)28-12-13-3-6-16(7-4-13)23(26)27/h3-8,10-11H,2,9,12H2,1H3. The molecule has 0 saturated carbocycles. The Morgan fingerprint density at radius 3 is 2.59 bits per heavy atom. The molecule has 1 fully saturated rings. The van der Waals surface area contributed by atoms with Crippen LogP contribution in [-0.2, 0) is 11.4 Å². The number of rotatable bonds is 7. The van der Waals surface area contributed by atoms with E-state index < -0.39 is 4.92 Å². The molecule has 0 bridgehead atoms. The van der Waals surface area contributed by atoms with Crippen LogP contribution in [0, 0.1) is 10.1 Å². The lowest BCUT2D eigenvalue weighted by atomic mass is 10.1. The summed E-state index contributed by atoms with van der Waals surface area (Å²) in [6.45, 7) is 2.51. The summed E-state index contributed by atoms with van der Waals surface area (Å²) in [5.41, 5.74) is 1.44. The van der Waals surface area contributed by atoms with E-state index in [9.17, 15) is 19.7 Å². The van der Waals surface area contributed by atoms with Gasteiger partial charge in [0.05, 0.1) is 9.83 Å². The van der Waals surface area contributed by atoms with Gasteiger partial charge in [-0.15, -0.1) is 0 Å². The minimum Gasteiger partial charge on any atom is -0.488 e. The number of benzene rings is 2. The fourth-order valence-corrected chi connectivity index (χ4v) is 3.93. The van der Waals surface area contributed by atoms with Gasteiger partial charge in [0.15, 0.2) is 0 Å². The smallest absolute Gasteiger partial charge is 0.293 e. The molecule has 3 rings (SSSR count). The number of imide groups is 1. The molecule has 29 heavy (non-hydrogen) atoms. The minimum atomic E-state index is -0.455. The van der Waals surface area contributed by atoms with E-state index in [4.69, 9.17) is 4.74 Å². The van der Waals surface area contributed by atoms with Gasteiger partial charge < -0.3 is 4.74 Å². The van der Waals surface area contributed by atoms with E-state index in [1.807, 2.05) is 13.0 Å². The lowest BCUT2D eigenvalue weighted by molar-refractivity contribution is -0.384. The SMILES string of the molecule is CCCN1C(=O)SC(=Cc2cc(Br)ccc2OCc2ccc([N+](=O)[O-])cc2)C1=O. The molecule has 7 nitrogen and oxygen atoms in total. The number of halogens is 1. The third-order valence-electron chi connectivity index (χ3n) is 4.12. The molecule has 1 saturated heterocycles. The molecule has 150 valence electrons. The molecule has 0 spiro atoms. The van der Waals surface area contributed by atoms with Gasteiger partial charge in [-0.3, -0.25) is 24.6 Å². The van der Waals surface area contributed by atoms with Gasteiger partial charge in [0, 0.05) is 28.7 Å². The molecule has 0 unspecified atom stereocenters. The normalized spacial score (nSPS) is 15.2. The highest BCUT2D eigenvalue weighted by molar-refractivity contribution is 9.10. The number of amides is 2. The van der Waals surface area contributed by atoms with Gasteiger partial charge in [-0.2, -0.15) is 0 Å². The van der Waals surface area contributed by atoms with Crippen molar-refractivity contribution in [1.82, 2.24) is 4.90 Å². The van der Waals surface area contributed by atoms with Crippen molar-refractivity contribution in [2.24, 2.45) is 0 Å². The first kappa shape index (κ1) is 21.1. The van der Waals surface area contributed by atoms with Crippen LogP contribution in [0.4, 0.5) is 10.5 Å². The second-order valence-electron chi connectivity index (χ2n) is 6.23. The van der Waals surface area contributed by atoms with Crippen molar-refractivity contribution in [1.29, 1.82) is 0 Å². The molecule has 1 aliphatic heterocycles. The number of carbonyl (C=O) groups excluding carboxylic acids is 2. The summed E-state index contributed by atoms with van der Waals surface area (Å²) < 4.78 is 6.68. The van der Waals surface area contributed by atoms with Crippen LogP contribution in [0.25, 0.3) is 6.08 Å². The van der Waals surface area contributed by atoms with Crippen molar-refractivity contribution in [3.63, 3.8) is 0 Å². The Bertz CT molecular complexity index is 991. The number of thioether (sulfide) groups is 1. The molecular weight excluding hydrogens is 460 g/mol. The second-order valence-corrected chi connectivity index (χ2v) is 8.14. The Morgan fingerprint density at radius 2 is 1.93 bits per heavy atom. The first-order valence-corrected chi connectivity index (χ1v) is 10.4. The highest BCUT2D eigenvalue weighted by Crippen LogP contribution is 2.35. The number of nitrogens with zero attached hydrogens (tertiary/aromatic N) is 2. The molecule has 0 N–H and O–H groups in total. The molecule has 2 aromatic carbocycles. The van der Waals surface area contributed by atoms with Crippen LogP contribution >= 0.6 is 27.7 Å². The lowest BCUT2D eigenvalue weighted by Crippen LogP contribution is -2.28. The molecule has 2 aromatic rings. The first-order chi connectivity index (χ1) is 13.9. The van der Waals surface area contributed by atoms with Crippen LogP contribution in [0.2, 0.25) is 0 Å². The van der Waals surface area contributed by atoms with Gasteiger partial charge >= 0.3 is 0 Å². The number of ether oxygens (including phenoxy) is 1. The van der Waals surface area contributed by atoms with Crippen molar-refractivity contribution in [3.8, 4) is 5.75 Å². The Hall–Kier alpha value is -2.65. The van der Waals surface area contributed by atoms with Crippen LogP contribution in [0.15, 0.2) is 51.8 Å². The molecular formula is C20H17BrN2O5S. The van der Waals surface area contributed by atoms with E-state index in [1.165, 1.54) is 17.0 Å². The van der Waals surface area contributed by atoms with Gasteiger partial charge in [0.25, 0.3) is 16.8 Å².